The van der Waals surface area contributed by atoms with Crippen LogP contribution in [0, 0.1) is 0 Å². The fourth-order valence-electron chi connectivity index (χ4n) is 1.38. The summed E-state index contributed by atoms with van der Waals surface area (Å²) in [7, 11) is 1.59. The van der Waals surface area contributed by atoms with E-state index in [9.17, 15) is 4.79 Å². The van der Waals surface area contributed by atoms with Crippen molar-refractivity contribution in [2.45, 2.75) is 6.61 Å². The number of methoxy groups -OCH3 is 1. The predicted octanol–water partition coefficient (Wildman–Crippen LogP) is 1.84. The second-order valence-corrected chi connectivity index (χ2v) is 3.50. The Morgan fingerprint density at radius 2 is 2.00 bits per heavy atom. The number of hydrogen-bond acceptors (Lipinski definition) is 5. The van der Waals surface area contributed by atoms with Crippen molar-refractivity contribution in [1.82, 2.24) is 9.97 Å². The molecule has 1 heterocycles. The smallest absolute Gasteiger partial charge is 0.376 e. The minimum atomic E-state index is -0.543. The number of nitrogens with zero attached hydrogens (tertiary/aromatic N) is 2. The Kier molecular flexibility index (Phi) is 3.86. The normalized spacial score (nSPS) is 9.83. The Labute approximate surface area is 104 Å². The topological polar surface area (TPSA) is 61.3 Å². The van der Waals surface area contributed by atoms with Gasteiger partial charge in [0.05, 0.1) is 7.11 Å². The van der Waals surface area contributed by atoms with Crippen molar-refractivity contribution < 1.29 is 14.3 Å². The van der Waals surface area contributed by atoms with Crippen LogP contribution in [0.3, 0.4) is 0 Å². The fraction of sp³-hybridized carbons (Fsp3) is 0.154. The number of rotatable bonds is 4. The summed E-state index contributed by atoms with van der Waals surface area (Å²) in [6.07, 6.45) is 2.99. The van der Waals surface area contributed by atoms with Gasteiger partial charge in [-0.3, -0.25) is 0 Å². The molecule has 0 aliphatic rings. The molecule has 0 bridgehead atoms. The van der Waals surface area contributed by atoms with E-state index in [4.69, 9.17) is 9.47 Å². The number of ether oxygens (including phenoxy) is 2. The molecule has 0 spiro atoms. The monoisotopic (exact) mass is 244 g/mol. The number of benzene rings is 1. The lowest BCUT2D eigenvalue weighted by Crippen LogP contribution is -2.09. The number of hydrogen-bond donors (Lipinski definition) is 0. The zero-order valence-electron chi connectivity index (χ0n) is 9.87. The van der Waals surface area contributed by atoms with Crippen LogP contribution in [0.1, 0.15) is 16.2 Å². The van der Waals surface area contributed by atoms with E-state index in [-0.39, 0.29) is 12.4 Å². The third-order valence-electron chi connectivity index (χ3n) is 2.25. The summed E-state index contributed by atoms with van der Waals surface area (Å²) in [5, 5.41) is 0. The average molecular weight is 244 g/mol. The summed E-state index contributed by atoms with van der Waals surface area (Å²) in [5.74, 6) is 0.235. The summed E-state index contributed by atoms with van der Waals surface area (Å²) in [4.78, 5) is 19.2. The molecule has 92 valence electrons. The molecule has 0 unspecified atom stereocenters. The minimum absolute atomic E-state index is 0.0559. The van der Waals surface area contributed by atoms with Crippen LogP contribution >= 0.6 is 0 Å². The van der Waals surface area contributed by atoms with Gasteiger partial charge in [-0.05, 0) is 23.8 Å². The Morgan fingerprint density at radius 3 is 2.72 bits per heavy atom. The first-order valence-electron chi connectivity index (χ1n) is 5.36. The van der Waals surface area contributed by atoms with Crippen molar-refractivity contribution in [3.8, 4) is 5.75 Å². The quantitative estimate of drug-likeness (QED) is 0.768. The van der Waals surface area contributed by atoms with Crippen molar-refractivity contribution >= 4 is 5.97 Å². The first-order valence-corrected chi connectivity index (χ1v) is 5.36. The van der Waals surface area contributed by atoms with Gasteiger partial charge in [-0.2, -0.15) is 0 Å². The molecule has 2 rings (SSSR count). The zero-order valence-corrected chi connectivity index (χ0v) is 9.87. The maximum atomic E-state index is 11.6. The van der Waals surface area contributed by atoms with Crippen LogP contribution in [0.4, 0.5) is 0 Å². The molecular formula is C13H12N2O3. The Bertz CT molecular complexity index is 529. The van der Waals surface area contributed by atoms with Crippen molar-refractivity contribution in [2.24, 2.45) is 0 Å². The van der Waals surface area contributed by atoms with Crippen molar-refractivity contribution in [1.29, 1.82) is 0 Å². The van der Waals surface area contributed by atoms with Gasteiger partial charge in [-0.1, -0.05) is 12.1 Å². The highest BCUT2D eigenvalue weighted by atomic mass is 16.5. The molecule has 1 aromatic carbocycles. The van der Waals surface area contributed by atoms with Gasteiger partial charge in [-0.15, -0.1) is 0 Å². The lowest BCUT2D eigenvalue weighted by atomic mass is 10.2. The van der Waals surface area contributed by atoms with Crippen molar-refractivity contribution in [3.63, 3.8) is 0 Å². The number of carbonyl (C=O) groups is 1. The Hall–Kier alpha value is -2.43. The van der Waals surface area contributed by atoms with Gasteiger partial charge in [-0.25, -0.2) is 14.8 Å². The van der Waals surface area contributed by atoms with E-state index in [1.807, 2.05) is 18.2 Å². The molecule has 0 fully saturated rings. The molecule has 1 aromatic heterocycles. The molecule has 0 aliphatic carbocycles. The molecular weight excluding hydrogens is 232 g/mol. The van der Waals surface area contributed by atoms with Gasteiger partial charge in [0.1, 0.15) is 12.4 Å². The highest BCUT2D eigenvalue weighted by Crippen LogP contribution is 2.13. The number of esters is 1. The first kappa shape index (κ1) is 12.0. The molecule has 0 radical (unpaired) electrons. The van der Waals surface area contributed by atoms with Crippen LogP contribution in [0.25, 0.3) is 0 Å². The zero-order chi connectivity index (χ0) is 12.8. The van der Waals surface area contributed by atoms with E-state index < -0.39 is 5.97 Å². The molecule has 0 saturated heterocycles. The highest BCUT2D eigenvalue weighted by molar-refractivity contribution is 5.84. The second-order valence-electron chi connectivity index (χ2n) is 3.50. The highest BCUT2D eigenvalue weighted by Gasteiger charge is 2.09. The third-order valence-corrected chi connectivity index (χ3v) is 2.25. The van der Waals surface area contributed by atoms with Crippen LogP contribution in [0.15, 0.2) is 42.7 Å². The summed E-state index contributed by atoms with van der Waals surface area (Å²) in [5.41, 5.74) is 0.846. The van der Waals surface area contributed by atoms with E-state index in [1.165, 1.54) is 12.4 Å². The molecule has 0 aliphatic heterocycles. The standard InChI is InChI=1S/C13H12N2O3/c1-17-11-5-2-4-10(8-11)9-18-13(16)12-14-6-3-7-15-12/h2-8H,9H2,1H3. The second kappa shape index (κ2) is 5.77. The Balaban J connectivity index is 1.97. The lowest BCUT2D eigenvalue weighted by Gasteiger charge is -2.05. The maximum Gasteiger partial charge on any atom is 0.376 e. The predicted molar refractivity (Wildman–Crippen MR) is 64.1 cm³/mol. The van der Waals surface area contributed by atoms with E-state index in [1.54, 1.807) is 19.2 Å². The summed E-state index contributed by atoms with van der Waals surface area (Å²) < 4.78 is 10.2. The van der Waals surface area contributed by atoms with Crippen LogP contribution in [-0.2, 0) is 11.3 Å². The molecule has 0 saturated carbocycles. The van der Waals surface area contributed by atoms with Gasteiger partial charge in [0.2, 0.25) is 5.82 Å². The van der Waals surface area contributed by atoms with Gasteiger partial charge < -0.3 is 9.47 Å². The molecule has 0 atom stereocenters. The van der Waals surface area contributed by atoms with Gasteiger partial charge >= 0.3 is 5.97 Å². The van der Waals surface area contributed by atoms with Crippen LogP contribution < -0.4 is 4.74 Å². The number of aromatic nitrogens is 2. The summed E-state index contributed by atoms with van der Waals surface area (Å²) in [6, 6.07) is 8.95. The van der Waals surface area contributed by atoms with Gasteiger partial charge in [0.25, 0.3) is 0 Å². The molecule has 5 heteroatoms. The summed E-state index contributed by atoms with van der Waals surface area (Å²) in [6.45, 7) is 0.161. The van der Waals surface area contributed by atoms with E-state index >= 15 is 0 Å². The fourth-order valence-corrected chi connectivity index (χ4v) is 1.38. The van der Waals surface area contributed by atoms with E-state index in [2.05, 4.69) is 9.97 Å². The molecule has 5 nitrogen and oxygen atoms in total. The molecule has 18 heavy (non-hydrogen) atoms. The van der Waals surface area contributed by atoms with Gasteiger partial charge in [0.15, 0.2) is 0 Å². The molecule has 0 N–H and O–H groups in total. The SMILES string of the molecule is COc1cccc(COC(=O)c2ncccn2)c1. The summed E-state index contributed by atoms with van der Waals surface area (Å²) >= 11 is 0. The van der Waals surface area contributed by atoms with Crippen LogP contribution in [0.2, 0.25) is 0 Å². The largest absolute Gasteiger partial charge is 0.497 e. The van der Waals surface area contributed by atoms with E-state index in [0.29, 0.717) is 0 Å². The number of carbonyl (C=O) groups excluding carboxylic acids is 1. The third kappa shape index (κ3) is 3.04. The lowest BCUT2D eigenvalue weighted by molar-refractivity contribution is 0.0458. The molecule has 2 aromatic rings. The van der Waals surface area contributed by atoms with Gasteiger partial charge in [0, 0.05) is 12.4 Å². The molecule has 0 amide bonds. The van der Waals surface area contributed by atoms with Crippen LogP contribution in [0.5, 0.6) is 5.75 Å². The maximum absolute atomic E-state index is 11.6. The van der Waals surface area contributed by atoms with Crippen LogP contribution in [-0.4, -0.2) is 23.0 Å². The average Bonchev–Trinajstić information content (AvgIpc) is 2.46. The first-order chi connectivity index (χ1) is 8.79. The minimum Gasteiger partial charge on any atom is -0.497 e. The van der Waals surface area contributed by atoms with Crippen molar-refractivity contribution in [3.05, 3.63) is 54.1 Å². The Morgan fingerprint density at radius 1 is 1.22 bits per heavy atom. The van der Waals surface area contributed by atoms with E-state index in [0.717, 1.165) is 11.3 Å². The van der Waals surface area contributed by atoms with Crippen molar-refractivity contribution in [2.75, 3.05) is 7.11 Å².